The van der Waals surface area contributed by atoms with E-state index in [1.807, 2.05) is 36.4 Å². The van der Waals surface area contributed by atoms with Crippen molar-refractivity contribution in [3.63, 3.8) is 0 Å². The fourth-order valence-electron chi connectivity index (χ4n) is 3.48. The van der Waals surface area contributed by atoms with Gasteiger partial charge >= 0.3 is 5.97 Å². The van der Waals surface area contributed by atoms with Gasteiger partial charge in [0.05, 0.1) is 7.11 Å². The van der Waals surface area contributed by atoms with Crippen molar-refractivity contribution in [3.8, 4) is 0 Å². The molecule has 3 nitrogen and oxygen atoms in total. The minimum atomic E-state index is -0.434. The fraction of sp³-hybridized carbons (Fsp3) is 0.174. The van der Waals surface area contributed by atoms with Crippen LogP contribution >= 0.6 is 0 Å². The van der Waals surface area contributed by atoms with Gasteiger partial charge in [0.1, 0.15) is 6.10 Å². The maximum atomic E-state index is 12.1. The molecule has 3 aromatic carbocycles. The predicted octanol–water partition coefficient (Wildman–Crippen LogP) is 5.14. The Morgan fingerprint density at radius 2 is 1.65 bits per heavy atom. The zero-order valence-corrected chi connectivity index (χ0v) is 14.6. The maximum Gasteiger partial charge on any atom is 0.373 e. The summed E-state index contributed by atoms with van der Waals surface area (Å²) in [4.78, 5) is 12.1. The summed E-state index contributed by atoms with van der Waals surface area (Å²) >= 11 is 0. The number of carbonyl (C=O) groups is 1. The lowest BCUT2D eigenvalue weighted by Gasteiger charge is -2.29. The molecule has 1 aliphatic heterocycles. The van der Waals surface area contributed by atoms with Crippen molar-refractivity contribution in [3.05, 3.63) is 95.8 Å². The van der Waals surface area contributed by atoms with E-state index in [-0.39, 0.29) is 17.8 Å². The second kappa shape index (κ2) is 7.04. The average molecular weight is 344 g/mol. The molecule has 1 heterocycles. The molecule has 2 atom stereocenters. The Balaban J connectivity index is 1.71. The Hall–Kier alpha value is -3.07. The monoisotopic (exact) mass is 344 g/mol. The summed E-state index contributed by atoms with van der Waals surface area (Å²) in [6.45, 7) is 0. The maximum absolute atomic E-state index is 12.1. The average Bonchev–Trinajstić information content (AvgIpc) is 2.73. The Morgan fingerprint density at radius 3 is 2.42 bits per heavy atom. The topological polar surface area (TPSA) is 35.5 Å². The van der Waals surface area contributed by atoms with Crippen LogP contribution < -0.4 is 0 Å². The smallest absolute Gasteiger partial charge is 0.373 e. The van der Waals surface area contributed by atoms with Crippen molar-refractivity contribution in [2.45, 2.75) is 18.4 Å². The molecule has 3 aromatic rings. The number of allylic oxidation sites excluding steroid dienone is 1. The van der Waals surface area contributed by atoms with E-state index in [2.05, 4.69) is 42.5 Å². The minimum Gasteiger partial charge on any atom is -0.479 e. The number of methoxy groups -OCH3 is 1. The molecule has 0 spiro atoms. The van der Waals surface area contributed by atoms with Crippen molar-refractivity contribution in [2.24, 2.45) is 0 Å². The predicted molar refractivity (Wildman–Crippen MR) is 102 cm³/mol. The van der Waals surface area contributed by atoms with Gasteiger partial charge in [0, 0.05) is 5.92 Å². The van der Waals surface area contributed by atoms with Gasteiger partial charge in [-0.3, -0.25) is 0 Å². The Kier molecular flexibility index (Phi) is 4.44. The molecule has 0 saturated carbocycles. The van der Waals surface area contributed by atoms with E-state index in [4.69, 9.17) is 9.47 Å². The summed E-state index contributed by atoms with van der Waals surface area (Å²) in [5.74, 6) is -0.0438. The number of hydrogen-bond acceptors (Lipinski definition) is 3. The molecular formula is C23H20O3. The first kappa shape index (κ1) is 16.4. The number of carbonyl (C=O) groups excluding carboxylic acids is 1. The molecule has 3 heteroatoms. The van der Waals surface area contributed by atoms with Crippen LogP contribution in [-0.2, 0) is 14.3 Å². The lowest BCUT2D eigenvalue weighted by atomic mass is 9.87. The highest BCUT2D eigenvalue weighted by Crippen LogP contribution is 2.39. The van der Waals surface area contributed by atoms with Crippen LogP contribution in [0, 0.1) is 0 Å². The molecule has 0 aliphatic carbocycles. The highest BCUT2D eigenvalue weighted by molar-refractivity contribution is 5.86. The molecule has 130 valence electrons. The molecule has 0 unspecified atom stereocenters. The summed E-state index contributed by atoms with van der Waals surface area (Å²) < 4.78 is 10.9. The van der Waals surface area contributed by atoms with Crippen LogP contribution in [0.3, 0.4) is 0 Å². The Morgan fingerprint density at radius 1 is 0.923 bits per heavy atom. The first-order valence-corrected chi connectivity index (χ1v) is 8.75. The number of esters is 1. The van der Waals surface area contributed by atoms with Gasteiger partial charge in [-0.15, -0.1) is 0 Å². The number of fused-ring (bicyclic) bond motifs is 1. The third-order valence-corrected chi connectivity index (χ3v) is 4.85. The minimum absolute atomic E-state index is 0.107. The van der Waals surface area contributed by atoms with Gasteiger partial charge in [-0.05, 0) is 40.5 Å². The Labute approximate surface area is 152 Å². The summed E-state index contributed by atoms with van der Waals surface area (Å²) in [5, 5.41) is 2.36. The fourth-order valence-corrected chi connectivity index (χ4v) is 3.48. The normalized spacial score (nSPS) is 19.5. The lowest BCUT2D eigenvalue weighted by Crippen LogP contribution is -2.20. The van der Waals surface area contributed by atoms with Crippen molar-refractivity contribution < 1.29 is 14.3 Å². The van der Waals surface area contributed by atoms with Crippen molar-refractivity contribution in [2.75, 3.05) is 7.11 Å². The summed E-state index contributed by atoms with van der Waals surface area (Å²) in [7, 11) is 1.38. The SMILES string of the molecule is COC(=O)C1=C[C@@H](c2ccccc2)C[C@@H](c2ccc3ccccc3c2)O1. The largest absolute Gasteiger partial charge is 0.479 e. The third-order valence-electron chi connectivity index (χ3n) is 4.85. The van der Waals surface area contributed by atoms with Gasteiger partial charge in [0.2, 0.25) is 5.76 Å². The van der Waals surface area contributed by atoms with E-state index in [1.165, 1.54) is 23.4 Å². The zero-order chi connectivity index (χ0) is 17.9. The van der Waals surface area contributed by atoms with E-state index < -0.39 is 5.97 Å². The van der Waals surface area contributed by atoms with E-state index in [0.717, 1.165) is 12.0 Å². The van der Waals surface area contributed by atoms with Gasteiger partial charge in [-0.2, -0.15) is 0 Å². The molecule has 0 amide bonds. The molecule has 0 saturated heterocycles. The highest BCUT2D eigenvalue weighted by Gasteiger charge is 2.29. The number of hydrogen-bond donors (Lipinski definition) is 0. The highest BCUT2D eigenvalue weighted by atomic mass is 16.6. The first-order valence-electron chi connectivity index (χ1n) is 8.75. The third kappa shape index (κ3) is 3.21. The van der Waals surface area contributed by atoms with Crippen LogP contribution in [0.2, 0.25) is 0 Å². The van der Waals surface area contributed by atoms with E-state index in [0.29, 0.717) is 0 Å². The molecule has 0 aromatic heterocycles. The van der Waals surface area contributed by atoms with Crippen LogP contribution in [0.1, 0.15) is 29.6 Å². The molecule has 0 fully saturated rings. The molecule has 1 aliphatic rings. The summed E-state index contributed by atoms with van der Waals surface area (Å²) in [6.07, 6.45) is 2.46. The van der Waals surface area contributed by atoms with Crippen LogP contribution in [-0.4, -0.2) is 13.1 Å². The quantitative estimate of drug-likeness (QED) is 0.617. The van der Waals surface area contributed by atoms with Crippen LogP contribution in [0.5, 0.6) is 0 Å². The molecule has 0 bridgehead atoms. The summed E-state index contributed by atoms with van der Waals surface area (Å²) in [6, 6.07) is 24.7. The van der Waals surface area contributed by atoms with E-state index in [1.54, 1.807) is 0 Å². The van der Waals surface area contributed by atoms with Crippen LogP contribution in [0.25, 0.3) is 10.8 Å². The van der Waals surface area contributed by atoms with Gasteiger partial charge in [-0.25, -0.2) is 4.79 Å². The first-order chi connectivity index (χ1) is 12.7. The van der Waals surface area contributed by atoms with Crippen LogP contribution in [0.4, 0.5) is 0 Å². The van der Waals surface area contributed by atoms with E-state index >= 15 is 0 Å². The van der Waals surface area contributed by atoms with Crippen molar-refractivity contribution >= 4 is 16.7 Å². The second-order valence-electron chi connectivity index (χ2n) is 6.49. The van der Waals surface area contributed by atoms with E-state index in [9.17, 15) is 4.79 Å². The number of rotatable bonds is 3. The molecular weight excluding hydrogens is 324 g/mol. The standard InChI is InChI=1S/C23H20O3/c1-25-23(24)22-15-20(16-7-3-2-4-8-16)14-21(26-22)19-12-11-17-9-5-6-10-18(17)13-19/h2-13,15,20-21H,14H2,1H3/t20-,21-/m0/s1. The van der Waals surface area contributed by atoms with Gasteiger partial charge < -0.3 is 9.47 Å². The number of ether oxygens (including phenoxy) is 2. The molecule has 0 radical (unpaired) electrons. The van der Waals surface area contributed by atoms with Gasteiger partial charge in [0.15, 0.2) is 0 Å². The molecule has 0 N–H and O–H groups in total. The number of benzene rings is 3. The molecule has 4 rings (SSSR count). The van der Waals surface area contributed by atoms with Crippen molar-refractivity contribution in [1.82, 2.24) is 0 Å². The second-order valence-corrected chi connectivity index (χ2v) is 6.49. The Bertz CT molecular complexity index is 959. The van der Waals surface area contributed by atoms with Crippen molar-refractivity contribution in [1.29, 1.82) is 0 Å². The van der Waals surface area contributed by atoms with Crippen LogP contribution in [0.15, 0.2) is 84.6 Å². The summed E-state index contributed by atoms with van der Waals surface area (Å²) in [5.41, 5.74) is 2.24. The zero-order valence-electron chi connectivity index (χ0n) is 14.6. The lowest BCUT2D eigenvalue weighted by molar-refractivity contribution is -0.142. The van der Waals surface area contributed by atoms with Gasteiger partial charge in [0.25, 0.3) is 0 Å². The molecule has 26 heavy (non-hydrogen) atoms. The van der Waals surface area contributed by atoms with Gasteiger partial charge in [-0.1, -0.05) is 66.7 Å².